The number of morpholine rings is 1. The highest BCUT2D eigenvalue weighted by Gasteiger charge is 2.26. The van der Waals surface area contributed by atoms with Crippen molar-refractivity contribution in [1.82, 2.24) is 10.2 Å². The lowest BCUT2D eigenvalue weighted by Crippen LogP contribution is -2.50. The third-order valence-corrected chi connectivity index (χ3v) is 2.86. The second-order valence-corrected chi connectivity index (χ2v) is 4.23. The average molecular weight is 260 g/mol. The van der Waals surface area contributed by atoms with Crippen LogP contribution in [0.2, 0.25) is 0 Å². The Balaban J connectivity index is 2.42. The Morgan fingerprint density at radius 3 is 2.72 bits per heavy atom. The summed E-state index contributed by atoms with van der Waals surface area (Å²) in [6.07, 6.45) is 0.463. The van der Waals surface area contributed by atoms with Gasteiger partial charge in [0.25, 0.3) is 5.91 Å². The normalized spacial score (nSPS) is 19.8. The molecule has 1 atom stereocenters. The van der Waals surface area contributed by atoms with Crippen molar-refractivity contribution in [3.8, 4) is 0 Å². The molecule has 0 aromatic heterocycles. The lowest BCUT2D eigenvalue weighted by molar-refractivity contribution is -0.146. The standard InChI is InChI=1S/C12H24N2O4/c1-16-7-3-5-14(6-9-17-2)12(15)11-10-13-4-8-18-11/h11,13H,3-10H2,1-2H3. The van der Waals surface area contributed by atoms with E-state index in [1.165, 1.54) is 0 Å². The molecule has 1 N–H and O–H groups in total. The number of ether oxygens (including phenoxy) is 3. The van der Waals surface area contributed by atoms with Crippen LogP contribution in [0.5, 0.6) is 0 Å². The largest absolute Gasteiger partial charge is 0.385 e. The fourth-order valence-corrected chi connectivity index (χ4v) is 1.86. The molecule has 0 saturated carbocycles. The summed E-state index contributed by atoms with van der Waals surface area (Å²) in [5.41, 5.74) is 0. The Bertz CT molecular complexity index is 232. The molecule has 1 aliphatic rings. The van der Waals surface area contributed by atoms with Gasteiger partial charge in [0.1, 0.15) is 6.10 Å². The number of hydrogen-bond donors (Lipinski definition) is 1. The van der Waals surface area contributed by atoms with Crippen LogP contribution in [0.15, 0.2) is 0 Å². The van der Waals surface area contributed by atoms with E-state index in [-0.39, 0.29) is 12.0 Å². The van der Waals surface area contributed by atoms with Crippen molar-refractivity contribution in [1.29, 1.82) is 0 Å². The van der Waals surface area contributed by atoms with Gasteiger partial charge in [-0.2, -0.15) is 0 Å². The highest BCUT2D eigenvalue weighted by Crippen LogP contribution is 2.04. The summed E-state index contributed by atoms with van der Waals surface area (Å²) in [5.74, 6) is 0.0374. The van der Waals surface area contributed by atoms with Gasteiger partial charge in [-0.1, -0.05) is 0 Å². The first-order valence-electron chi connectivity index (χ1n) is 6.38. The highest BCUT2D eigenvalue weighted by atomic mass is 16.5. The van der Waals surface area contributed by atoms with Crippen LogP contribution in [-0.4, -0.2) is 77.1 Å². The molecule has 0 spiro atoms. The van der Waals surface area contributed by atoms with E-state index in [0.29, 0.717) is 39.5 Å². The topological polar surface area (TPSA) is 60.0 Å². The predicted molar refractivity (Wildman–Crippen MR) is 67.6 cm³/mol. The third kappa shape index (κ3) is 5.30. The quantitative estimate of drug-likeness (QED) is 0.595. The summed E-state index contributed by atoms with van der Waals surface area (Å²) in [6.45, 7) is 4.46. The van der Waals surface area contributed by atoms with E-state index in [4.69, 9.17) is 14.2 Å². The summed E-state index contributed by atoms with van der Waals surface area (Å²) < 4.78 is 15.5. The van der Waals surface area contributed by atoms with Gasteiger partial charge in [0, 0.05) is 47.0 Å². The van der Waals surface area contributed by atoms with Gasteiger partial charge in [0.15, 0.2) is 0 Å². The molecule has 0 radical (unpaired) electrons. The summed E-state index contributed by atoms with van der Waals surface area (Å²) in [7, 11) is 3.30. The van der Waals surface area contributed by atoms with Crippen LogP contribution in [0.4, 0.5) is 0 Å². The molecule has 1 rings (SSSR count). The van der Waals surface area contributed by atoms with Crippen LogP contribution >= 0.6 is 0 Å². The minimum atomic E-state index is -0.363. The van der Waals surface area contributed by atoms with Gasteiger partial charge in [-0.15, -0.1) is 0 Å². The molecule has 1 aliphatic heterocycles. The molecule has 1 unspecified atom stereocenters. The van der Waals surface area contributed by atoms with Crippen molar-refractivity contribution in [3.05, 3.63) is 0 Å². The zero-order chi connectivity index (χ0) is 13.2. The number of carbonyl (C=O) groups is 1. The minimum Gasteiger partial charge on any atom is -0.385 e. The Hall–Kier alpha value is -0.690. The average Bonchev–Trinajstić information content (AvgIpc) is 2.43. The second-order valence-electron chi connectivity index (χ2n) is 4.23. The van der Waals surface area contributed by atoms with Crippen molar-refractivity contribution < 1.29 is 19.0 Å². The third-order valence-electron chi connectivity index (χ3n) is 2.86. The van der Waals surface area contributed by atoms with Gasteiger partial charge in [0.05, 0.1) is 13.2 Å². The van der Waals surface area contributed by atoms with Crippen molar-refractivity contribution in [2.24, 2.45) is 0 Å². The molecule has 0 aliphatic carbocycles. The van der Waals surface area contributed by atoms with Crippen LogP contribution < -0.4 is 5.32 Å². The van der Waals surface area contributed by atoms with Gasteiger partial charge < -0.3 is 24.4 Å². The number of nitrogens with one attached hydrogen (secondary N) is 1. The van der Waals surface area contributed by atoms with Crippen LogP contribution in [0.1, 0.15) is 6.42 Å². The maximum Gasteiger partial charge on any atom is 0.253 e. The molecule has 18 heavy (non-hydrogen) atoms. The second kappa shape index (κ2) is 9.27. The number of carbonyl (C=O) groups excluding carboxylic acids is 1. The van der Waals surface area contributed by atoms with Gasteiger partial charge >= 0.3 is 0 Å². The number of rotatable bonds is 8. The molecule has 1 saturated heterocycles. The van der Waals surface area contributed by atoms with E-state index in [2.05, 4.69) is 5.32 Å². The summed E-state index contributed by atoms with van der Waals surface area (Å²) in [4.78, 5) is 14.1. The van der Waals surface area contributed by atoms with E-state index in [1.54, 1.807) is 19.1 Å². The number of methoxy groups -OCH3 is 2. The molecule has 1 amide bonds. The van der Waals surface area contributed by atoms with Crippen LogP contribution in [0, 0.1) is 0 Å². The van der Waals surface area contributed by atoms with E-state index >= 15 is 0 Å². The molecule has 6 nitrogen and oxygen atoms in total. The molecular formula is C12H24N2O4. The summed E-state index contributed by atoms with van der Waals surface area (Å²) >= 11 is 0. The zero-order valence-corrected chi connectivity index (χ0v) is 11.3. The zero-order valence-electron chi connectivity index (χ0n) is 11.3. The number of amides is 1. The molecule has 0 bridgehead atoms. The molecular weight excluding hydrogens is 236 g/mol. The SMILES string of the molecule is COCCCN(CCOC)C(=O)C1CNCCO1. The molecule has 1 fully saturated rings. The fraction of sp³-hybridized carbons (Fsp3) is 0.917. The first kappa shape index (κ1) is 15.4. The summed E-state index contributed by atoms with van der Waals surface area (Å²) in [5, 5.41) is 3.17. The molecule has 0 aromatic carbocycles. The fourth-order valence-electron chi connectivity index (χ4n) is 1.86. The van der Waals surface area contributed by atoms with Crippen molar-refractivity contribution in [3.63, 3.8) is 0 Å². The van der Waals surface area contributed by atoms with E-state index in [0.717, 1.165) is 13.0 Å². The molecule has 0 aromatic rings. The van der Waals surface area contributed by atoms with E-state index in [9.17, 15) is 4.79 Å². The summed E-state index contributed by atoms with van der Waals surface area (Å²) in [6, 6.07) is 0. The van der Waals surface area contributed by atoms with Crippen molar-refractivity contribution >= 4 is 5.91 Å². The first-order chi connectivity index (χ1) is 8.79. The lowest BCUT2D eigenvalue weighted by Gasteiger charge is -2.29. The predicted octanol–water partition coefficient (Wildman–Crippen LogP) is -0.514. The highest BCUT2D eigenvalue weighted by molar-refractivity contribution is 5.81. The van der Waals surface area contributed by atoms with Crippen LogP contribution in [-0.2, 0) is 19.0 Å². The monoisotopic (exact) mass is 260 g/mol. The van der Waals surface area contributed by atoms with E-state index < -0.39 is 0 Å². The molecule has 1 heterocycles. The minimum absolute atomic E-state index is 0.0374. The van der Waals surface area contributed by atoms with Crippen LogP contribution in [0.25, 0.3) is 0 Å². The number of nitrogens with zero attached hydrogens (tertiary/aromatic N) is 1. The smallest absolute Gasteiger partial charge is 0.253 e. The van der Waals surface area contributed by atoms with Gasteiger partial charge in [-0.05, 0) is 6.42 Å². The Kier molecular flexibility index (Phi) is 7.91. The maximum atomic E-state index is 12.3. The van der Waals surface area contributed by atoms with E-state index in [1.807, 2.05) is 0 Å². The first-order valence-corrected chi connectivity index (χ1v) is 6.38. The van der Waals surface area contributed by atoms with Crippen molar-refractivity contribution in [2.45, 2.75) is 12.5 Å². The molecule has 6 heteroatoms. The van der Waals surface area contributed by atoms with Crippen LogP contribution in [0.3, 0.4) is 0 Å². The number of hydrogen-bond acceptors (Lipinski definition) is 5. The Labute approximate surface area is 109 Å². The molecule has 106 valence electrons. The van der Waals surface area contributed by atoms with Gasteiger partial charge in [-0.25, -0.2) is 0 Å². The Morgan fingerprint density at radius 2 is 2.11 bits per heavy atom. The maximum absolute atomic E-state index is 12.3. The Morgan fingerprint density at radius 1 is 1.33 bits per heavy atom. The van der Waals surface area contributed by atoms with Gasteiger partial charge in [-0.3, -0.25) is 4.79 Å². The lowest BCUT2D eigenvalue weighted by atomic mass is 10.2. The van der Waals surface area contributed by atoms with Crippen molar-refractivity contribution in [2.75, 3.05) is 60.2 Å². The van der Waals surface area contributed by atoms with Gasteiger partial charge in [0.2, 0.25) is 0 Å².